The number of fused-ring (bicyclic) bond motifs is 1. The molecule has 2 N–H and O–H groups in total. The third-order valence-corrected chi connectivity index (χ3v) is 7.30. The van der Waals surface area contributed by atoms with Crippen molar-refractivity contribution < 1.29 is 9.90 Å². The minimum absolute atomic E-state index is 0.0457. The van der Waals surface area contributed by atoms with Crippen molar-refractivity contribution in [2.75, 3.05) is 24.5 Å². The summed E-state index contributed by atoms with van der Waals surface area (Å²) in [4.78, 5) is 22.2. The smallest absolute Gasteiger partial charge is 0.404 e. The maximum absolute atomic E-state index is 10.8. The molecule has 29 heavy (non-hydrogen) atoms. The average Bonchev–Trinajstić information content (AvgIpc) is 3.13. The van der Waals surface area contributed by atoms with Crippen molar-refractivity contribution in [2.45, 2.75) is 19.8 Å². The molecule has 6 nitrogen and oxygen atoms in total. The standard InChI is InChI=1S/C20H20Cl2N4O2S/c1-20(10-23-19(27)28)5-7-26(8-6-20)18-17-16(24-11-25-18)13(9-29-17)12-3-2-4-14(21)15(12)22/h2-4,9,11,23H,5-8,10H2,1H3,(H,27,28). The Hall–Kier alpha value is -2.09. The third kappa shape index (κ3) is 3.99. The van der Waals surface area contributed by atoms with Gasteiger partial charge in [0.2, 0.25) is 0 Å². The second-order valence-electron chi connectivity index (χ2n) is 7.58. The first-order valence-electron chi connectivity index (χ1n) is 9.26. The van der Waals surface area contributed by atoms with Crippen molar-refractivity contribution in [3.05, 3.63) is 40.0 Å². The number of rotatable bonds is 4. The average molecular weight is 451 g/mol. The minimum Gasteiger partial charge on any atom is -0.465 e. The van der Waals surface area contributed by atoms with E-state index < -0.39 is 6.09 Å². The maximum atomic E-state index is 10.8. The van der Waals surface area contributed by atoms with Gasteiger partial charge in [-0.2, -0.15) is 0 Å². The molecule has 0 saturated carbocycles. The molecule has 152 valence electrons. The minimum atomic E-state index is -0.975. The number of amides is 1. The van der Waals surface area contributed by atoms with Gasteiger partial charge < -0.3 is 15.3 Å². The normalized spacial score (nSPS) is 16.2. The molecule has 0 atom stereocenters. The molecule has 1 fully saturated rings. The van der Waals surface area contributed by atoms with Gasteiger partial charge >= 0.3 is 6.09 Å². The molecule has 1 aromatic carbocycles. The number of nitrogens with zero attached hydrogens (tertiary/aromatic N) is 3. The third-order valence-electron chi connectivity index (χ3n) is 5.51. The molecule has 1 aliphatic heterocycles. The highest BCUT2D eigenvalue weighted by Crippen LogP contribution is 2.42. The van der Waals surface area contributed by atoms with Gasteiger partial charge in [-0.15, -0.1) is 11.3 Å². The fourth-order valence-electron chi connectivity index (χ4n) is 3.69. The number of nitrogens with one attached hydrogen (secondary N) is 1. The van der Waals surface area contributed by atoms with Crippen LogP contribution >= 0.6 is 34.5 Å². The van der Waals surface area contributed by atoms with Crippen LogP contribution in [-0.4, -0.2) is 40.8 Å². The molecule has 3 heterocycles. The van der Waals surface area contributed by atoms with Crippen LogP contribution in [0, 0.1) is 5.41 Å². The van der Waals surface area contributed by atoms with Gasteiger partial charge in [-0.3, -0.25) is 0 Å². The molecule has 0 radical (unpaired) electrons. The Balaban J connectivity index is 1.61. The van der Waals surface area contributed by atoms with Crippen LogP contribution in [0.2, 0.25) is 10.0 Å². The number of carbonyl (C=O) groups is 1. The lowest BCUT2D eigenvalue weighted by atomic mass is 9.80. The second-order valence-corrected chi connectivity index (χ2v) is 9.25. The van der Waals surface area contributed by atoms with Gasteiger partial charge in [-0.1, -0.05) is 42.3 Å². The van der Waals surface area contributed by atoms with E-state index in [0.29, 0.717) is 16.6 Å². The van der Waals surface area contributed by atoms with Crippen molar-refractivity contribution in [2.24, 2.45) is 5.41 Å². The summed E-state index contributed by atoms with van der Waals surface area (Å²) >= 11 is 14.2. The van der Waals surface area contributed by atoms with Crippen molar-refractivity contribution in [3.63, 3.8) is 0 Å². The summed E-state index contributed by atoms with van der Waals surface area (Å²) in [5.74, 6) is 0.914. The highest BCUT2D eigenvalue weighted by molar-refractivity contribution is 7.18. The van der Waals surface area contributed by atoms with E-state index in [1.54, 1.807) is 23.7 Å². The Labute approximate surface area is 182 Å². The lowest BCUT2D eigenvalue weighted by Gasteiger charge is -2.39. The molecule has 2 aromatic heterocycles. The number of hydrogen-bond donors (Lipinski definition) is 2. The van der Waals surface area contributed by atoms with E-state index in [0.717, 1.165) is 53.1 Å². The van der Waals surface area contributed by atoms with E-state index in [-0.39, 0.29) is 5.41 Å². The summed E-state index contributed by atoms with van der Waals surface area (Å²) in [7, 11) is 0. The van der Waals surface area contributed by atoms with E-state index in [1.165, 1.54) is 0 Å². The number of aromatic nitrogens is 2. The quantitative estimate of drug-likeness (QED) is 0.545. The number of piperidine rings is 1. The molecule has 1 aliphatic rings. The zero-order valence-electron chi connectivity index (χ0n) is 15.8. The Kier molecular flexibility index (Phi) is 5.55. The van der Waals surface area contributed by atoms with Crippen LogP contribution in [0.4, 0.5) is 10.6 Å². The maximum Gasteiger partial charge on any atom is 0.404 e. The molecule has 0 bridgehead atoms. The van der Waals surface area contributed by atoms with Crippen LogP contribution in [0.15, 0.2) is 29.9 Å². The first-order chi connectivity index (χ1) is 13.9. The molecule has 1 saturated heterocycles. The summed E-state index contributed by atoms with van der Waals surface area (Å²) in [5, 5.41) is 14.5. The lowest BCUT2D eigenvalue weighted by Crippen LogP contribution is -2.44. The predicted molar refractivity (Wildman–Crippen MR) is 118 cm³/mol. The van der Waals surface area contributed by atoms with E-state index >= 15 is 0 Å². The molecular weight excluding hydrogens is 431 g/mol. The van der Waals surface area contributed by atoms with Gasteiger partial charge in [0.25, 0.3) is 0 Å². The van der Waals surface area contributed by atoms with Gasteiger partial charge in [-0.05, 0) is 24.3 Å². The number of carboxylic acid groups (broad SMARTS) is 1. The summed E-state index contributed by atoms with van der Waals surface area (Å²) in [6.45, 7) is 4.22. The van der Waals surface area contributed by atoms with E-state index in [4.69, 9.17) is 28.3 Å². The van der Waals surface area contributed by atoms with Crippen LogP contribution in [0.5, 0.6) is 0 Å². The molecule has 4 rings (SSSR count). The lowest BCUT2D eigenvalue weighted by molar-refractivity contribution is 0.178. The topological polar surface area (TPSA) is 78.4 Å². The van der Waals surface area contributed by atoms with Crippen LogP contribution in [0.1, 0.15) is 19.8 Å². The number of hydrogen-bond acceptors (Lipinski definition) is 5. The Morgan fingerprint density at radius 1 is 1.28 bits per heavy atom. The van der Waals surface area contributed by atoms with Crippen LogP contribution < -0.4 is 10.2 Å². The van der Waals surface area contributed by atoms with Crippen molar-refractivity contribution in [3.8, 4) is 11.1 Å². The SMILES string of the molecule is CC1(CNC(=O)O)CCN(c2ncnc3c(-c4cccc(Cl)c4Cl)csc23)CC1. The largest absolute Gasteiger partial charge is 0.465 e. The molecule has 0 aliphatic carbocycles. The van der Waals surface area contributed by atoms with E-state index in [1.807, 2.05) is 17.5 Å². The molecule has 1 amide bonds. The van der Waals surface area contributed by atoms with Gasteiger partial charge in [0.1, 0.15) is 12.1 Å². The summed E-state index contributed by atoms with van der Waals surface area (Å²) in [6, 6.07) is 5.59. The molecule has 3 aromatic rings. The zero-order valence-corrected chi connectivity index (χ0v) is 18.1. The fourth-order valence-corrected chi connectivity index (χ4v) is 5.13. The van der Waals surface area contributed by atoms with E-state index in [9.17, 15) is 4.79 Å². The van der Waals surface area contributed by atoms with Crippen LogP contribution in [0.25, 0.3) is 21.3 Å². The summed E-state index contributed by atoms with van der Waals surface area (Å²) in [5.41, 5.74) is 2.63. The Morgan fingerprint density at radius 2 is 2.03 bits per heavy atom. The molecule has 9 heteroatoms. The van der Waals surface area contributed by atoms with Gasteiger partial charge in [0.05, 0.1) is 20.3 Å². The number of benzene rings is 1. The van der Waals surface area contributed by atoms with Crippen LogP contribution in [0.3, 0.4) is 0 Å². The Morgan fingerprint density at radius 3 is 2.76 bits per heavy atom. The fraction of sp³-hybridized carbons (Fsp3) is 0.350. The highest BCUT2D eigenvalue weighted by Gasteiger charge is 2.32. The van der Waals surface area contributed by atoms with Gasteiger partial charge in [0.15, 0.2) is 0 Å². The molecule has 0 spiro atoms. The van der Waals surface area contributed by atoms with Gasteiger partial charge in [0, 0.05) is 36.1 Å². The molecular formula is C20H20Cl2N4O2S. The van der Waals surface area contributed by atoms with E-state index in [2.05, 4.69) is 27.1 Å². The van der Waals surface area contributed by atoms with Crippen molar-refractivity contribution in [1.82, 2.24) is 15.3 Å². The van der Waals surface area contributed by atoms with Crippen LogP contribution in [-0.2, 0) is 0 Å². The van der Waals surface area contributed by atoms with Crippen molar-refractivity contribution in [1.29, 1.82) is 0 Å². The second kappa shape index (κ2) is 7.97. The summed E-state index contributed by atoms with van der Waals surface area (Å²) in [6.07, 6.45) is 2.39. The number of halogens is 2. The first-order valence-corrected chi connectivity index (χ1v) is 10.9. The zero-order chi connectivity index (χ0) is 20.6. The highest BCUT2D eigenvalue weighted by atomic mass is 35.5. The summed E-state index contributed by atoms with van der Waals surface area (Å²) < 4.78 is 1.02. The Bertz CT molecular complexity index is 1060. The van der Waals surface area contributed by atoms with Crippen molar-refractivity contribution >= 4 is 56.7 Å². The first kappa shape index (κ1) is 20.2. The predicted octanol–water partition coefficient (Wildman–Crippen LogP) is 5.54. The monoisotopic (exact) mass is 450 g/mol. The van der Waals surface area contributed by atoms with Gasteiger partial charge in [-0.25, -0.2) is 14.8 Å². The number of thiophene rings is 1. The molecule has 0 unspecified atom stereocenters. The number of anilines is 1.